The predicted molar refractivity (Wildman–Crippen MR) is 68.8 cm³/mol. The Morgan fingerprint density at radius 2 is 2.25 bits per heavy atom. The summed E-state index contributed by atoms with van der Waals surface area (Å²) in [6.45, 7) is 0. The summed E-state index contributed by atoms with van der Waals surface area (Å²) >= 11 is 0. The number of carbonyl (C=O) groups is 3. The summed E-state index contributed by atoms with van der Waals surface area (Å²) < 4.78 is 1.58. The first-order chi connectivity index (χ1) is 9.65. The molecule has 1 aliphatic heterocycles. The first-order valence-electron chi connectivity index (χ1n) is 6.22. The van der Waals surface area contributed by atoms with Crippen molar-refractivity contribution >= 4 is 23.2 Å². The van der Waals surface area contributed by atoms with E-state index in [1.54, 1.807) is 22.8 Å². The van der Waals surface area contributed by atoms with E-state index in [2.05, 4.69) is 15.7 Å². The van der Waals surface area contributed by atoms with Gasteiger partial charge in [0.15, 0.2) is 0 Å². The Bertz CT molecular complexity index is 706. The average molecular weight is 272 g/mol. The highest BCUT2D eigenvalue weighted by Gasteiger charge is 2.28. The van der Waals surface area contributed by atoms with E-state index in [0.717, 1.165) is 0 Å². The molecule has 2 aromatic heterocycles. The van der Waals surface area contributed by atoms with Gasteiger partial charge in [0.1, 0.15) is 6.04 Å². The Morgan fingerprint density at radius 1 is 1.40 bits per heavy atom. The Labute approximate surface area is 114 Å². The minimum Gasteiger partial charge on any atom is -0.340 e. The highest BCUT2D eigenvalue weighted by molar-refractivity contribution is 6.05. The van der Waals surface area contributed by atoms with Gasteiger partial charge in [0.25, 0.3) is 5.91 Å². The van der Waals surface area contributed by atoms with Crippen LogP contribution in [0.5, 0.6) is 0 Å². The van der Waals surface area contributed by atoms with Crippen molar-refractivity contribution in [2.75, 3.05) is 0 Å². The van der Waals surface area contributed by atoms with Crippen molar-refractivity contribution in [2.45, 2.75) is 18.9 Å². The van der Waals surface area contributed by atoms with Crippen LogP contribution in [0.15, 0.2) is 30.6 Å². The largest absolute Gasteiger partial charge is 0.340 e. The molecule has 20 heavy (non-hydrogen) atoms. The summed E-state index contributed by atoms with van der Waals surface area (Å²) in [5.74, 6) is -1.15. The second kappa shape index (κ2) is 4.76. The van der Waals surface area contributed by atoms with Gasteiger partial charge in [-0.3, -0.25) is 19.7 Å². The number of carbonyl (C=O) groups excluding carboxylic acids is 3. The number of aromatic nitrogens is 2. The van der Waals surface area contributed by atoms with E-state index in [9.17, 15) is 14.4 Å². The van der Waals surface area contributed by atoms with Gasteiger partial charge >= 0.3 is 0 Å². The lowest BCUT2D eigenvalue weighted by molar-refractivity contribution is -0.134. The third-order valence-corrected chi connectivity index (χ3v) is 3.22. The Kier molecular flexibility index (Phi) is 2.94. The van der Waals surface area contributed by atoms with E-state index < -0.39 is 11.9 Å². The molecule has 1 unspecified atom stereocenters. The summed E-state index contributed by atoms with van der Waals surface area (Å²) in [5.41, 5.74) is 1.06. The van der Waals surface area contributed by atoms with Gasteiger partial charge in [0.05, 0.1) is 17.3 Å². The molecule has 1 saturated heterocycles. The van der Waals surface area contributed by atoms with Crippen LogP contribution in [0, 0.1) is 0 Å². The summed E-state index contributed by atoms with van der Waals surface area (Å²) in [5, 5.41) is 8.90. The number of nitrogens with one attached hydrogen (secondary N) is 2. The van der Waals surface area contributed by atoms with Crippen LogP contribution in [0.25, 0.3) is 5.52 Å². The SMILES string of the molecule is O=C1CCC(NC(=O)c2cnn3ccccc23)C(=O)N1. The first-order valence-corrected chi connectivity index (χ1v) is 6.22. The second-order valence-electron chi connectivity index (χ2n) is 4.57. The Balaban J connectivity index is 1.80. The Hall–Kier alpha value is -2.70. The smallest absolute Gasteiger partial charge is 0.255 e. The standard InChI is InChI=1S/C13H12N4O3/c18-11-5-4-9(13(20)16-11)15-12(19)8-7-14-17-6-2-1-3-10(8)17/h1-3,6-7,9H,4-5H2,(H,15,19)(H,16,18,20). The molecular formula is C13H12N4O3. The zero-order valence-electron chi connectivity index (χ0n) is 10.5. The van der Waals surface area contributed by atoms with Crippen molar-refractivity contribution < 1.29 is 14.4 Å². The average Bonchev–Trinajstić information content (AvgIpc) is 2.86. The molecule has 7 nitrogen and oxygen atoms in total. The number of hydrogen-bond acceptors (Lipinski definition) is 4. The molecule has 0 spiro atoms. The quantitative estimate of drug-likeness (QED) is 0.745. The normalized spacial score (nSPS) is 18.9. The molecule has 3 rings (SSSR count). The van der Waals surface area contributed by atoms with Crippen LogP contribution in [-0.4, -0.2) is 33.4 Å². The molecule has 1 aliphatic rings. The molecule has 3 heterocycles. The molecule has 0 saturated carbocycles. The summed E-state index contributed by atoms with van der Waals surface area (Å²) in [6.07, 6.45) is 3.73. The van der Waals surface area contributed by atoms with E-state index >= 15 is 0 Å². The summed E-state index contributed by atoms with van der Waals surface area (Å²) in [6, 6.07) is 4.70. The van der Waals surface area contributed by atoms with Crippen LogP contribution in [-0.2, 0) is 9.59 Å². The number of hydrogen-bond donors (Lipinski definition) is 2. The van der Waals surface area contributed by atoms with Gasteiger partial charge in [-0.05, 0) is 18.6 Å². The van der Waals surface area contributed by atoms with Crippen LogP contribution >= 0.6 is 0 Å². The molecule has 0 radical (unpaired) electrons. The molecule has 0 bridgehead atoms. The fraction of sp³-hybridized carbons (Fsp3) is 0.231. The van der Waals surface area contributed by atoms with Crippen molar-refractivity contribution in [3.05, 3.63) is 36.2 Å². The Morgan fingerprint density at radius 3 is 3.05 bits per heavy atom. The van der Waals surface area contributed by atoms with Gasteiger partial charge in [0.2, 0.25) is 11.8 Å². The molecule has 102 valence electrons. The van der Waals surface area contributed by atoms with Gasteiger partial charge in [0, 0.05) is 12.6 Å². The highest BCUT2D eigenvalue weighted by atomic mass is 16.2. The van der Waals surface area contributed by atoms with Gasteiger partial charge in [-0.25, -0.2) is 4.52 Å². The zero-order valence-corrected chi connectivity index (χ0v) is 10.5. The number of nitrogens with zero attached hydrogens (tertiary/aromatic N) is 2. The molecule has 0 aliphatic carbocycles. The number of fused-ring (bicyclic) bond motifs is 1. The molecule has 0 aromatic carbocycles. The third-order valence-electron chi connectivity index (χ3n) is 3.22. The van der Waals surface area contributed by atoms with E-state index in [-0.39, 0.29) is 18.2 Å². The lowest BCUT2D eigenvalue weighted by Crippen LogP contribution is -2.52. The molecule has 3 amide bonds. The maximum absolute atomic E-state index is 12.2. The third kappa shape index (κ3) is 2.13. The summed E-state index contributed by atoms with van der Waals surface area (Å²) in [7, 11) is 0. The highest BCUT2D eigenvalue weighted by Crippen LogP contribution is 2.11. The number of pyridine rings is 1. The molecule has 1 fully saturated rings. The van der Waals surface area contributed by atoms with Crippen LogP contribution in [0.1, 0.15) is 23.2 Å². The minimum atomic E-state index is -0.682. The molecule has 1 atom stereocenters. The van der Waals surface area contributed by atoms with Gasteiger partial charge in [-0.2, -0.15) is 5.10 Å². The topological polar surface area (TPSA) is 92.6 Å². The number of imide groups is 1. The van der Waals surface area contributed by atoms with Crippen LogP contribution in [0.2, 0.25) is 0 Å². The number of rotatable bonds is 2. The molecule has 2 aromatic rings. The van der Waals surface area contributed by atoms with Gasteiger partial charge in [-0.15, -0.1) is 0 Å². The maximum Gasteiger partial charge on any atom is 0.255 e. The lowest BCUT2D eigenvalue weighted by Gasteiger charge is -2.21. The minimum absolute atomic E-state index is 0.228. The number of piperidine rings is 1. The molecule has 2 N–H and O–H groups in total. The van der Waals surface area contributed by atoms with Crippen molar-refractivity contribution in [3.63, 3.8) is 0 Å². The van der Waals surface area contributed by atoms with E-state index in [4.69, 9.17) is 0 Å². The monoisotopic (exact) mass is 272 g/mol. The first kappa shape index (κ1) is 12.3. The molecule has 7 heteroatoms. The van der Waals surface area contributed by atoms with Crippen molar-refractivity contribution in [3.8, 4) is 0 Å². The van der Waals surface area contributed by atoms with Crippen molar-refractivity contribution in [2.24, 2.45) is 0 Å². The molecular weight excluding hydrogens is 260 g/mol. The fourth-order valence-electron chi connectivity index (χ4n) is 2.18. The van der Waals surface area contributed by atoms with E-state index in [0.29, 0.717) is 17.5 Å². The van der Waals surface area contributed by atoms with Crippen molar-refractivity contribution in [1.29, 1.82) is 0 Å². The second-order valence-corrected chi connectivity index (χ2v) is 4.57. The van der Waals surface area contributed by atoms with Gasteiger partial charge in [-0.1, -0.05) is 6.07 Å². The lowest BCUT2D eigenvalue weighted by atomic mass is 10.1. The number of amides is 3. The summed E-state index contributed by atoms with van der Waals surface area (Å²) in [4.78, 5) is 34.8. The fourth-order valence-corrected chi connectivity index (χ4v) is 2.18. The maximum atomic E-state index is 12.2. The van der Waals surface area contributed by atoms with Gasteiger partial charge < -0.3 is 5.32 Å². The van der Waals surface area contributed by atoms with Crippen LogP contribution in [0.4, 0.5) is 0 Å². The zero-order chi connectivity index (χ0) is 14.1. The van der Waals surface area contributed by atoms with Crippen molar-refractivity contribution in [1.82, 2.24) is 20.2 Å². The predicted octanol–water partition coefficient (Wildman–Crippen LogP) is -0.131. The van der Waals surface area contributed by atoms with Crippen LogP contribution in [0.3, 0.4) is 0 Å². The van der Waals surface area contributed by atoms with E-state index in [1.807, 2.05) is 6.07 Å². The van der Waals surface area contributed by atoms with E-state index in [1.165, 1.54) is 6.20 Å². The van der Waals surface area contributed by atoms with Crippen LogP contribution < -0.4 is 10.6 Å².